The van der Waals surface area contributed by atoms with Crippen molar-refractivity contribution in [3.63, 3.8) is 0 Å². The normalized spacial score (nSPS) is 14.8. The second-order valence-electron chi connectivity index (χ2n) is 5.51. The molecule has 5 N–H and O–H groups in total. The van der Waals surface area contributed by atoms with E-state index in [1.807, 2.05) is 0 Å². The maximum absolute atomic E-state index is 12.0. The predicted octanol–water partition coefficient (Wildman–Crippen LogP) is -0.670. The van der Waals surface area contributed by atoms with Crippen molar-refractivity contribution in [1.29, 1.82) is 0 Å². The molecule has 0 heterocycles. The molecule has 0 aliphatic heterocycles. The first-order chi connectivity index (χ1) is 9.03. The van der Waals surface area contributed by atoms with E-state index in [1.54, 1.807) is 20.8 Å². The fourth-order valence-corrected chi connectivity index (χ4v) is 1.70. The molecule has 1 aromatic carbocycles. The highest BCUT2D eigenvalue weighted by Crippen LogP contribution is 2.21. The monoisotopic (exact) mass is 285 g/mol. The van der Waals surface area contributed by atoms with Gasteiger partial charge in [0.1, 0.15) is 0 Å². The second-order valence-corrected chi connectivity index (χ2v) is 5.51. The lowest BCUT2D eigenvalue weighted by Gasteiger charge is -2.23. The van der Waals surface area contributed by atoms with Gasteiger partial charge in [0.2, 0.25) is 0 Å². The first-order valence-electron chi connectivity index (χ1n) is 5.96. The molecule has 0 fully saturated rings. The van der Waals surface area contributed by atoms with Crippen molar-refractivity contribution in [2.45, 2.75) is 33.2 Å². The highest BCUT2D eigenvalue weighted by Gasteiger charge is 2.22. The molecular weight excluding hydrogens is 266 g/mol. The van der Waals surface area contributed by atoms with Crippen LogP contribution in [-0.2, 0) is 0 Å². The smallest absolute Gasteiger partial charge is 0.252 e. The van der Waals surface area contributed by atoms with Crippen molar-refractivity contribution in [3.8, 4) is 0 Å². The van der Waals surface area contributed by atoms with Crippen molar-refractivity contribution < 1.29 is 25.7 Å². The van der Waals surface area contributed by atoms with Gasteiger partial charge >= 0.3 is 0 Å². The molecule has 0 aliphatic carbocycles. The second kappa shape index (κ2) is 5.83. The van der Waals surface area contributed by atoms with Crippen LogP contribution in [0.3, 0.4) is 0 Å². The minimum absolute atomic E-state index is 0.0142. The third-order valence-electron chi connectivity index (χ3n) is 2.62. The Morgan fingerprint density at radius 2 is 1.55 bits per heavy atom. The van der Waals surface area contributed by atoms with E-state index in [4.69, 9.17) is 10.4 Å². The Labute approximate surface area is 116 Å². The zero-order chi connectivity index (χ0) is 15.7. The van der Waals surface area contributed by atoms with E-state index < -0.39 is 21.9 Å². The maximum atomic E-state index is 12.0. The number of nitrogens with one attached hydrogen (secondary N) is 3. The zero-order valence-corrected chi connectivity index (χ0v) is 11.8. The Morgan fingerprint density at radius 1 is 1.15 bits per heavy atom. The third kappa shape index (κ3) is 3.97. The van der Waals surface area contributed by atoms with Crippen molar-refractivity contribution in [3.05, 3.63) is 33.7 Å². The van der Waals surface area contributed by atoms with Crippen molar-refractivity contribution >= 4 is 17.3 Å². The summed E-state index contributed by atoms with van der Waals surface area (Å²) in [6.07, 6.45) is 0. The number of hydrogen-bond donors (Lipinski definition) is 5. The minimum atomic E-state index is -1.27. The quantitative estimate of drug-likeness (QED) is 0.471. The molecule has 1 aromatic rings. The fourth-order valence-electron chi connectivity index (χ4n) is 1.70. The highest BCUT2D eigenvalue weighted by molar-refractivity contribution is 5.96. The fraction of sp³-hybridized carbons (Fsp3) is 0.417. The lowest BCUT2D eigenvalue weighted by molar-refractivity contribution is -0.996. The average Bonchev–Trinajstić information content (AvgIpc) is 2.25. The lowest BCUT2D eigenvalue weighted by Crippen LogP contribution is -3.01. The molecule has 2 atom stereocenters. The van der Waals surface area contributed by atoms with Gasteiger partial charge in [-0.1, -0.05) is 0 Å². The first kappa shape index (κ1) is 16.5. The number of carbonyl (C=O) groups is 1. The third-order valence-corrected chi connectivity index (χ3v) is 2.62. The molecule has 0 saturated heterocycles. The summed E-state index contributed by atoms with van der Waals surface area (Å²) in [7, 11) is 0. The summed E-state index contributed by atoms with van der Waals surface area (Å²) in [5, 5.41) is 40.6. The summed E-state index contributed by atoms with van der Waals surface area (Å²) in [4.78, 5) is 12.0. The summed E-state index contributed by atoms with van der Waals surface area (Å²) in [6.45, 7) is 6.72. The molecular formula is C12H19N3O5. The molecule has 8 nitrogen and oxygen atoms in total. The number of hydrogen-bond acceptors (Lipinski definition) is 5. The standard InChI is InChI=1S/C12H19N3O5/c1-7-9(14(17)18)5-8(6-10(7)15(19)20)11(16)13-12(2,3)4/h5-6,14-15,17,19H,1-4H3,(H,13,16). The van der Waals surface area contributed by atoms with Gasteiger partial charge in [0.15, 0.2) is 11.4 Å². The molecule has 20 heavy (non-hydrogen) atoms. The Hall–Kier alpha value is -1.55. The van der Waals surface area contributed by atoms with Crippen molar-refractivity contribution in [2.75, 3.05) is 0 Å². The molecule has 0 spiro atoms. The minimum Gasteiger partial charge on any atom is -0.595 e. The van der Waals surface area contributed by atoms with Crippen LogP contribution in [0.25, 0.3) is 0 Å². The summed E-state index contributed by atoms with van der Waals surface area (Å²) in [6, 6.07) is 2.37. The van der Waals surface area contributed by atoms with Gasteiger partial charge in [-0.05, 0) is 27.7 Å². The van der Waals surface area contributed by atoms with Gasteiger partial charge in [0.05, 0.1) is 11.1 Å². The number of benzene rings is 1. The number of quaternary nitrogens is 2. The maximum Gasteiger partial charge on any atom is 0.252 e. The van der Waals surface area contributed by atoms with E-state index in [0.29, 0.717) is 0 Å². The summed E-state index contributed by atoms with van der Waals surface area (Å²) in [5.41, 5.74) is -0.750. The predicted molar refractivity (Wildman–Crippen MR) is 70.0 cm³/mol. The van der Waals surface area contributed by atoms with Gasteiger partial charge in [-0.15, -0.1) is 0 Å². The van der Waals surface area contributed by atoms with Crippen molar-refractivity contribution in [2.24, 2.45) is 0 Å². The molecule has 0 aromatic heterocycles. The van der Waals surface area contributed by atoms with Gasteiger partial charge in [-0.25, -0.2) is 10.4 Å². The van der Waals surface area contributed by atoms with Gasteiger partial charge in [-0.3, -0.25) is 4.79 Å². The van der Waals surface area contributed by atoms with Crippen LogP contribution in [-0.4, -0.2) is 21.9 Å². The van der Waals surface area contributed by atoms with Crippen LogP contribution < -0.4 is 15.8 Å². The topological polar surface area (TPSA) is 125 Å². The van der Waals surface area contributed by atoms with E-state index in [2.05, 4.69) is 5.32 Å². The van der Waals surface area contributed by atoms with Crippen LogP contribution in [0, 0.1) is 17.3 Å². The average molecular weight is 285 g/mol. The van der Waals surface area contributed by atoms with Crippen LogP contribution in [0.4, 0.5) is 11.4 Å². The zero-order valence-electron chi connectivity index (χ0n) is 11.8. The van der Waals surface area contributed by atoms with Crippen LogP contribution in [0.1, 0.15) is 36.7 Å². The van der Waals surface area contributed by atoms with Gasteiger partial charge < -0.3 is 15.7 Å². The molecule has 1 rings (SSSR count). The van der Waals surface area contributed by atoms with Crippen LogP contribution in [0.2, 0.25) is 0 Å². The SMILES string of the molecule is Cc1c([NH+]([O-])O)cc(C(=O)NC(C)(C)C)cc1[NH+]([O-])O. The molecule has 2 unspecified atom stereocenters. The molecule has 0 aliphatic rings. The van der Waals surface area contributed by atoms with Gasteiger partial charge in [-0.2, -0.15) is 10.5 Å². The Bertz CT molecular complexity index is 479. The van der Waals surface area contributed by atoms with E-state index in [0.717, 1.165) is 0 Å². The summed E-state index contributed by atoms with van der Waals surface area (Å²) >= 11 is 0. The lowest BCUT2D eigenvalue weighted by atomic mass is 10.0. The van der Waals surface area contributed by atoms with Crippen LogP contribution in [0.15, 0.2) is 12.1 Å². The number of carbonyl (C=O) groups excluding carboxylic acids is 1. The number of amides is 1. The molecule has 0 saturated carbocycles. The molecule has 8 heteroatoms. The Kier molecular flexibility index (Phi) is 4.81. The number of rotatable bonds is 3. The molecule has 112 valence electrons. The molecule has 0 radical (unpaired) electrons. The largest absolute Gasteiger partial charge is 0.595 e. The van der Waals surface area contributed by atoms with E-state index in [1.165, 1.54) is 19.1 Å². The van der Waals surface area contributed by atoms with Gasteiger partial charge in [0.25, 0.3) is 5.91 Å². The molecule has 0 bridgehead atoms. The Morgan fingerprint density at radius 3 is 1.85 bits per heavy atom. The van der Waals surface area contributed by atoms with E-state index >= 15 is 0 Å². The van der Waals surface area contributed by atoms with Crippen molar-refractivity contribution in [1.82, 2.24) is 5.32 Å². The van der Waals surface area contributed by atoms with Gasteiger partial charge in [0, 0.05) is 17.7 Å². The Balaban J connectivity index is 3.31. The summed E-state index contributed by atoms with van der Waals surface area (Å²) < 4.78 is 0. The van der Waals surface area contributed by atoms with E-state index in [9.17, 15) is 15.2 Å². The van der Waals surface area contributed by atoms with Crippen LogP contribution in [0.5, 0.6) is 0 Å². The molecule has 1 amide bonds. The first-order valence-corrected chi connectivity index (χ1v) is 5.96. The van der Waals surface area contributed by atoms with E-state index in [-0.39, 0.29) is 22.5 Å². The summed E-state index contributed by atoms with van der Waals surface area (Å²) in [5.74, 6) is -0.512. The van der Waals surface area contributed by atoms with Crippen LogP contribution >= 0.6 is 0 Å². The highest BCUT2D eigenvalue weighted by atomic mass is 16.8.